The van der Waals surface area contributed by atoms with Crippen LogP contribution in [-0.2, 0) is 6.54 Å². The minimum atomic E-state index is -0.419. The van der Waals surface area contributed by atoms with E-state index in [1.165, 1.54) is 0 Å². The number of nitrogens with zero attached hydrogens (tertiary/aromatic N) is 1. The van der Waals surface area contributed by atoms with Crippen molar-refractivity contribution in [3.05, 3.63) is 35.4 Å². The van der Waals surface area contributed by atoms with Crippen molar-refractivity contribution >= 4 is 11.9 Å². The van der Waals surface area contributed by atoms with Crippen LogP contribution in [0, 0.1) is 0 Å². The monoisotopic (exact) mass is 249 g/mol. The maximum Gasteiger partial charge on any atom is 0.343 e. The summed E-state index contributed by atoms with van der Waals surface area (Å²) in [5.74, 6) is 0.224. The zero-order chi connectivity index (χ0) is 13.5. The van der Waals surface area contributed by atoms with Gasteiger partial charge in [-0.2, -0.15) is 0 Å². The normalized spacial score (nSPS) is 9.89. The molecular weight excluding hydrogens is 228 g/mol. The molecule has 5 heteroatoms. The van der Waals surface area contributed by atoms with Crippen molar-refractivity contribution in [2.45, 2.75) is 20.4 Å². The van der Waals surface area contributed by atoms with Gasteiger partial charge in [-0.1, -0.05) is 12.1 Å². The number of hydrogen-bond donors (Lipinski definition) is 3. The van der Waals surface area contributed by atoms with E-state index in [9.17, 15) is 4.79 Å². The average molecular weight is 249 g/mol. The van der Waals surface area contributed by atoms with Crippen LogP contribution in [-0.4, -0.2) is 29.5 Å². The molecule has 0 saturated carbocycles. The average Bonchev–Trinajstić information content (AvgIpc) is 2.38. The Labute approximate surface area is 107 Å². The summed E-state index contributed by atoms with van der Waals surface area (Å²) in [7, 11) is 0. The Morgan fingerprint density at radius 2 is 1.94 bits per heavy atom. The quantitative estimate of drug-likeness (QED) is 0.397. The first kappa shape index (κ1) is 14.0. The number of rotatable bonds is 5. The molecule has 0 unspecified atom stereocenters. The lowest BCUT2D eigenvalue weighted by atomic mass is 10.1. The summed E-state index contributed by atoms with van der Waals surface area (Å²) in [6.07, 6.45) is 0. The molecule has 0 atom stereocenters. The third kappa shape index (κ3) is 3.76. The Bertz CT molecular complexity index is 448. The van der Waals surface area contributed by atoms with E-state index in [-0.39, 0.29) is 0 Å². The molecular formula is C13H21N4O+. The van der Waals surface area contributed by atoms with Crippen molar-refractivity contribution < 1.29 is 9.37 Å². The van der Waals surface area contributed by atoms with E-state index in [2.05, 4.69) is 5.32 Å². The molecule has 1 aromatic carbocycles. The van der Waals surface area contributed by atoms with E-state index in [0.717, 1.165) is 18.7 Å². The highest BCUT2D eigenvalue weighted by molar-refractivity contribution is 5.92. The van der Waals surface area contributed by atoms with Crippen molar-refractivity contribution in [3.8, 4) is 0 Å². The summed E-state index contributed by atoms with van der Waals surface area (Å²) in [6, 6.07) is 7.20. The fraction of sp³-hybridized carbons (Fsp3) is 0.385. The largest absolute Gasteiger partial charge is 0.366 e. The zero-order valence-corrected chi connectivity index (χ0v) is 10.9. The fourth-order valence-corrected chi connectivity index (χ4v) is 1.70. The van der Waals surface area contributed by atoms with Crippen molar-refractivity contribution in [2.75, 3.05) is 13.1 Å². The Hall–Kier alpha value is -2.04. The number of carbonyl (C=O) groups is 1. The van der Waals surface area contributed by atoms with Crippen LogP contribution in [0.15, 0.2) is 24.3 Å². The van der Waals surface area contributed by atoms with Gasteiger partial charge in [-0.3, -0.25) is 20.4 Å². The van der Waals surface area contributed by atoms with Gasteiger partial charge in [0.25, 0.3) is 0 Å². The van der Waals surface area contributed by atoms with Crippen LogP contribution in [0.5, 0.6) is 0 Å². The smallest absolute Gasteiger partial charge is 0.343 e. The number of amides is 1. The molecule has 1 aromatic rings. The van der Waals surface area contributed by atoms with E-state index < -0.39 is 5.91 Å². The van der Waals surface area contributed by atoms with Gasteiger partial charge in [0.15, 0.2) is 0 Å². The Balaban J connectivity index is 2.72. The molecule has 0 aliphatic heterocycles. The number of benzene rings is 1. The SMILES string of the molecule is CC[N+](CC)=C(N)NCc1cccc(C(N)=O)c1. The van der Waals surface area contributed by atoms with Crippen LogP contribution in [0.25, 0.3) is 0 Å². The molecule has 1 amide bonds. The van der Waals surface area contributed by atoms with Crippen LogP contribution in [0.4, 0.5) is 0 Å². The minimum Gasteiger partial charge on any atom is -0.366 e. The summed E-state index contributed by atoms with van der Waals surface area (Å²) < 4.78 is 2.03. The Kier molecular flexibility index (Phi) is 5.17. The van der Waals surface area contributed by atoms with E-state index >= 15 is 0 Å². The van der Waals surface area contributed by atoms with Crippen LogP contribution in [0.1, 0.15) is 29.8 Å². The van der Waals surface area contributed by atoms with Gasteiger partial charge in [-0.25, -0.2) is 0 Å². The predicted molar refractivity (Wildman–Crippen MR) is 72.3 cm³/mol. The van der Waals surface area contributed by atoms with Gasteiger partial charge in [-0.15, -0.1) is 0 Å². The van der Waals surface area contributed by atoms with Gasteiger partial charge in [0.05, 0.1) is 19.6 Å². The highest BCUT2D eigenvalue weighted by Crippen LogP contribution is 2.04. The topological polar surface area (TPSA) is 84.2 Å². The first-order valence-electron chi connectivity index (χ1n) is 6.08. The number of carbonyl (C=O) groups excluding carboxylic acids is 1. The van der Waals surface area contributed by atoms with Crippen LogP contribution in [0.3, 0.4) is 0 Å². The second kappa shape index (κ2) is 6.64. The third-order valence-electron chi connectivity index (χ3n) is 2.79. The standard InChI is InChI=1S/C13H20N4O/c1-3-17(4-2)13(15)16-9-10-6-5-7-11(8-10)12(14)18/h5-8H,3-4,9H2,1-2H3,(H4,14,15,16,18)/p+1. The molecule has 98 valence electrons. The second-order valence-electron chi connectivity index (χ2n) is 3.98. The lowest BCUT2D eigenvalue weighted by Gasteiger charge is -2.07. The molecule has 18 heavy (non-hydrogen) atoms. The molecule has 0 aromatic heterocycles. The number of nitrogens with two attached hydrogens (primary N) is 2. The number of guanidine groups is 1. The van der Waals surface area contributed by atoms with Crippen molar-refractivity contribution in [3.63, 3.8) is 0 Å². The van der Waals surface area contributed by atoms with Crippen molar-refractivity contribution in [2.24, 2.45) is 11.5 Å². The first-order valence-corrected chi connectivity index (χ1v) is 6.08. The van der Waals surface area contributed by atoms with E-state index in [1.54, 1.807) is 12.1 Å². The third-order valence-corrected chi connectivity index (χ3v) is 2.79. The molecule has 0 radical (unpaired) electrons. The van der Waals surface area contributed by atoms with Gasteiger partial charge in [0, 0.05) is 5.56 Å². The number of primary amides is 1. The maximum atomic E-state index is 11.1. The predicted octanol–water partition coefficient (Wildman–Crippen LogP) is 0.242. The Morgan fingerprint density at radius 1 is 1.28 bits per heavy atom. The summed E-state index contributed by atoms with van der Waals surface area (Å²) >= 11 is 0. The van der Waals surface area contributed by atoms with Crippen molar-refractivity contribution in [1.82, 2.24) is 5.32 Å². The van der Waals surface area contributed by atoms with Gasteiger partial charge < -0.3 is 5.73 Å². The van der Waals surface area contributed by atoms with E-state index in [4.69, 9.17) is 11.5 Å². The minimum absolute atomic E-state index is 0.419. The van der Waals surface area contributed by atoms with Gasteiger partial charge in [-0.05, 0) is 31.5 Å². The molecule has 0 heterocycles. The van der Waals surface area contributed by atoms with Crippen LogP contribution in [0.2, 0.25) is 0 Å². The molecule has 1 rings (SSSR count). The molecule has 0 bridgehead atoms. The zero-order valence-electron chi connectivity index (χ0n) is 10.9. The molecule has 5 N–H and O–H groups in total. The number of hydrogen-bond acceptors (Lipinski definition) is 1. The fourth-order valence-electron chi connectivity index (χ4n) is 1.70. The molecule has 0 aliphatic rings. The highest BCUT2D eigenvalue weighted by Gasteiger charge is 2.06. The molecule has 0 spiro atoms. The van der Waals surface area contributed by atoms with Gasteiger partial charge in [0.1, 0.15) is 0 Å². The van der Waals surface area contributed by atoms with Crippen molar-refractivity contribution in [1.29, 1.82) is 0 Å². The second-order valence-corrected chi connectivity index (χ2v) is 3.98. The van der Waals surface area contributed by atoms with Gasteiger partial charge >= 0.3 is 5.96 Å². The Morgan fingerprint density at radius 3 is 2.50 bits per heavy atom. The lowest BCUT2D eigenvalue weighted by Crippen LogP contribution is -2.40. The lowest BCUT2D eigenvalue weighted by molar-refractivity contribution is -0.523. The number of nitrogens with one attached hydrogen (secondary N) is 1. The summed E-state index contributed by atoms with van der Waals surface area (Å²) in [6.45, 7) is 6.38. The summed E-state index contributed by atoms with van der Waals surface area (Å²) in [5.41, 5.74) is 12.6. The van der Waals surface area contributed by atoms with Crippen LogP contribution < -0.4 is 16.8 Å². The molecule has 5 nitrogen and oxygen atoms in total. The first-order chi connectivity index (χ1) is 8.58. The van der Waals surface area contributed by atoms with E-state index in [0.29, 0.717) is 18.1 Å². The van der Waals surface area contributed by atoms with E-state index in [1.807, 2.05) is 30.6 Å². The molecule has 0 saturated heterocycles. The van der Waals surface area contributed by atoms with Gasteiger partial charge in [0.2, 0.25) is 5.91 Å². The highest BCUT2D eigenvalue weighted by atomic mass is 16.1. The maximum absolute atomic E-state index is 11.1. The summed E-state index contributed by atoms with van der Waals surface area (Å²) in [4.78, 5) is 11.1. The molecule has 0 fully saturated rings. The van der Waals surface area contributed by atoms with Crippen LogP contribution >= 0.6 is 0 Å². The summed E-state index contributed by atoms with van der Waals surface area (Å²) in [5, 5.41) is 3.14. The molecule has 0 aliphatic carbocycles.